The van der Waals surface area contributed by atoms with Gasteiger partial charge in [-0.05, 0) is 36.0 Å². The molecule has 2 aliphatic rings. The lowest BCUT2D eigenvalue weighted by Gasteiger charge is -2.33. The average Bonchev–Trinajstić information content (AvgIpc) is 2.93. The number of fused-ring (bicyclic) bond motifs is 1. The van der Waals surface area contributed by atoms with Gasteiger partial charge in [-0.2, -0.15) is 0 Å². The van der Waals surface area contributed by atoms with Gasteiger partial charge in [-0.25, -0.2) is 0 Å². The van der Waals surface area contributed by atoms with Gasteiger partial charge < -0.3 is 19.7 Å². The minimum Gasteiger partial charge on any atom is -0.480 e. The molecule has 1 aromatic rings. The van der Waals surface area contributed by atoms with E-state index in [1.54, 1.807) is 18.2 Å². The summed E-state index contributed by atoms with van der Waals surface area (Å²) in [6.07, 6.45) is 4.86. The van der Waals surface area contributed by atoms with Gasteiger partial charge in [0.05, 0.1) is 6.61 Å². The predicted molar refractivity (Wildman–Crippen MR) is 84.4 cm³/mol. The van der Waals surface area contributed by atoms with E-state index in [9.17, 15) is 14.6 Å². The number of aliphatic carboxylic acids is 1. The third-order valence-corrected chi connectivity index (χ3v) is 4.64. The fourth-order valence-electron chi connectivity index (χ4n) is 3.42. The predicted octanol–water partition coefficient (Wildman–Crippen LogP) is 0.764. The van der Waals surface area contributed by atoms with E-state index in [4.69, 9.17) is 9.76 Å². The summed E-state index contributed by atoms with van der Waals surface area (Å²) in [7, 11) is -1.01. The molecule has 1 fully saturated rings. The van der Waals surface area contributed by atoms with E-state index in [1.807, 2.05) is 0 Å². The molecule has 2 N–H and O–H groups in total. The Hall–Kier alpha value is -1.86. The van der Waals surface area contributed by atoms with Crippen LogP contribution in [0.3, 0.4) is 0 Å². The maximum atomic E-state index is 12.8. The standard InChI is InChI=1S/C16H20BNO5/c19-15(20)9-18(13-4-2-1-3-5-13)16(21)11-6-7-12-10-23-17(22)14(12)8-11/h6-8,13,22H,1-5,9-10H2,(H,19,20). The van der Waals surface area contributed by atoms with Crippen LogP contribution >= 0.6 is 0 Å². The molecule has 0 atom stereocenters. The quantitative estimate of drug-likeness (QED) is 0.801. The Morgan fingerprint density at radius 1 is 1.26 bits per heavy atom. The highest BCUT2D eigenvalue weighted by Gasteiger charge is 2.31. The third kappa shape index (κ3) is 3.40. The number of carboxylic acid groups (broad SMARTS) is 1. The van der Waals surface area contributed by atoms with Gasteiger partial charge in [0.2, 0.25) is 0 Å². The number of amides is 1. The summed E-state index contributed by atoms with van der Waals surface area (Å²) in [5.41, 5.74) is 1.85. The molecule has 0 bridgehead atoms. The van der Waals surface area contributed by atoms with Crippen LogP contribution in [0.25, 0.3) is 0 Å². The third-order valence-electron chi connectivity index (χ3n) is 4.64. The number of hydrogen-bond acceptors (Lipinski definition) is 4. The Morgan fingerprint density at radius 2 is 2.00 bits per heavy atom. The van der Waals surface area contributed by atoms with Crippen molar-refractivity contribution in [2.45, 2.75) is 44.8 Å². The molecule has 1 heterocycles. The summed E-state index contributed by atoms with van der Waals surface area (Å²) < 4.78 is 5.14. The monoisotopic (exact) mass is 317 g/mol. The molecule has 3 rings (SSSR count). The fraction of sp³-hybridized carbons (Fsp3) is 0.500. The van der Waals surface area contributed by atoms with E-state index >= 15 is 0 Å². The van der Waals surface area contributed by atoms with Crippen LogP contribution < -0.4 is 5.46 Å². The molecule has 1 amide bonds. The van der Waals surface area contributed by atoms with Gasteiger partial charge in [-0.1, -0.05) is 25.3 Å². The molecule has 0 saturated heterocycles. The Bertz CT molecular complexity index is 614. The Kier molecular flexibility index (Phi) is 4.68. The molecule has 1 aliphatic heterocycles. The van der Waals surface area contributed by atoms with Gasteiger partial charge in [0, 0.05) is 11.6 Å². The molecule has 23 heavy (non-hydrogen) atoms. The van der Waals surface area contributed by atoms with Crippen LogP contribution in [0.15, 0.2) is 18.2 Å². The minimum atomic E-state index is -1.01. The van der Waals surface area contributed by atoms with Crippen LogP contribution in [-0.2, 0) is 16.1 Å². The maximum absolute atomic E-state index is 12.8. The second kappa shape index (κ2) is 6.72. The van der Waals surface area contributed by atoms with Crippen molar-refractivity contribution in [2.75, 3.05) is 6.54 Å². The molecule has 1 aliphatic carbocycles. The number of carbonyl (C=O) groups excluding carboxylic acids is 1. The number of benzene rings is 1. The van der Waals surface area contributed by atoms with E-state index < -0.39 is 13.1 Å². The Balaban J connectivity index is 1.85. The van der Waals surface area contributed by atoms with Crippen molar-refractivity contribution in [3.63, 3.8) is 0 Å². The van der Waals surface area contributed by atoms with E-state index in [0.717, 1.165) is 37.7 Å². The summed E-state index contributed by atoms with van der Waals surface area (Å²) in [6, 6.07) is 5.04. The second-order valence-electron chi connectivity index (χ2n) is 6.20. The molecule has 1 aromatic carbocycles. The number of nitrogens with zero attached hydrogens (tertiary/aromatic N) is 1. The Labute approximate surface area is 135 Å². The first-order valence-electron chi connectivity index (χ1n) is 8.01. The SMILES string of the molecule is O=C(O)CN(C(=O)c1ccc2c(c1)B(O)OC2)C1CCCCC1. The van der Waals surface area contributed by atoms with Crippen LogP contribution in [0, 0.1) is 0 Å². The lowest BCUT2D eigenvalue weighted by Crippen LogP contribution is -2.44. The molecular formula is C16H20BNO5. The molecule has 122 valence electrons. The zero-order chi connectivity index (χ0) is 16.4. The van der Waals surface area contributed by atoms with Crippen molar-refractivity contribution >= 4 is 24.5 Å². The number of carboxylic acids is 1. The first-order chi connectivity index (χ1) is 11.1. The molecule has 7 heteroatoms. The first-order valence-corrected chi connectivity index (χ1v) is 8.01. The average molecular weight is 317 g/mol. The van der Waals surface area contributed by atoms with E-state index in [-0.39, 0.29) is 18.5 Å². The lowest BCUT2D eigenvalue weighted by molar-refractivity contribution is -0.138. The number of carbonyl (C=O) groups is 2. The number of rotatable bonds is 4. The molecule has 0 aromatic heterocycles. The lowest BCUT2D eigenvalue weighted by atomic mass is 9.78. The Morgan fingerprint density at radius 3 is 2.70 bits per heavy atom. The smallest absolute Gasteiger partial charge is 0.480 e. The van der Waals surface area contributed by atoms with Crippen LogP contribution in [0.1, 0.15) is 48.0 Å². The zero-order valence-electron chi connectivity index (χ0n) is 12.9. The van der Waals surface area contributed by atoms with E-state index in [1.165, 1.54) is 4.90 Å². The largest absolute Gasteiger partial charge is 0.491 e. The molecular weight excluding hydrogens is 297 g/mol. The van der Waals surface area contributed by atoms with Crippen LogP contribution in [0.2, 0.25) is 0 Å². The maximum Gasteiger partial charge on any atom is 0.491 e. The van der Waals surface area contributed by atoms with Gasteiger partial charge in [0.15, 0.2) is 0 Å². The van der Waals surface area contributed by atoms with Gasteiger partial charge in [0.25, 0.3) is 5.91 Å². The molecule has 6 nitrogen and oxygen atoms in total. The highest BCUT2D eigenvalue weighted by Crippen LogP contribution is 2.24. The van der Waals surface area contributed by atoms with Crippen LogP contribution in [0.4, 0.5) is 0 Å². The summed E-state index contributed by atoms with van der Waals surface area (Å²) in [6.45, 7) is 0.0338. The molecule has 0 radical (unpaired) electrons. The van der Waals surface area contributed by atoms with Gasteiger partial charge in [0.1, 0.15) is 6.54 Å². The number of hydrogen-bond donors (Lipinski definition) is 2. The minimum absolute atomic E-state index is 0.0261. The zero-order valence-corrected chi connectivity index (χ0v) is 12.9. The fourth-order valence-corrected chi connectivity index (χ4v) is 3.42. The summed E-state index contributed by atoms with van der Waals surface area (Å²) >= 11 is 0. The van der Waals surface area contributed by atoms with Crippen LogP contribution in [-0.4, -0.2) is 46.6 Å². The molecule has 0 unspecified atom stereocenters. The second-order valence-corrected chi connectivity index (χ2v) is 6.20. The van der Waals surface area contributed by atoms with Crippen molar-refractivity contribution in [1.82, 2.24) is 4.90 Å². The van der Waals surface area contributed by atoms with Gasteiger partial charge >= 0.3 is 13.1 Å². The normalized spacial score (nSPS) is 17.9. The van der Waals surface area contributed by atoms with E-state index in [0.29, 0.717) is 17.6 Å². The van der Waals surface area contributed by atoms with E-state index in [2.05, 4.69) is 0 Å². The van der Waals surface area contributed by atoms with Crippen molar-refractivity contribution < 1.29 is 24.4 Å². The van der Waals surface area contributed by atoms with Gasteiger partial charge in [-0.15, -0.1) is 0 Å². The topological polar surface area (TPSA) is 87.1 Å². The van der Waals surface area contributed by atoms with Crippen LogP contribution in [0.5, 0.6) is 0 Å². The van der Waals surface area contributed by atoms with Crippen molar-refractivity contribution in [3.8, 4) is 0 Å². The molecule has 1 saturated carbocycles. The van der Waals surface area contributed by atoms with Gasteiger partial charge in [-0.3, -0.25) is 9.59 Å². The summed E-state index contributed by atoms with van der Waals surface area (Å²) in [4.78, 5) is 25.5. The van der Waals surface area contributed by atoms with Crippen molar-refractivity contribution in [3.05, 3.63) is 29.3 Å². The highest BCUT2D eigenvalue weighted by atomic mass is 16.5. The summed E-state index contributed by atoms with van der Waals surface area (Å²) in [5.74, 6) is -1.30. The first kappa shape index (κ1) is 16.0. The summed E-state index contributed by atoms with van der Waals surface area (Å²) in [5, 5.41) is 18.9. The molecule has 0 spiro atoms. The van der Waals surface area contributed by atoms with Crippen molar-refractivity contribution in [2.24, 2.45) is 0 Å². The van der Waals surface area contributed by atoms with Crippen molar-refractivity contribution in [1.29, 1.82) is 0 Å². The highest BCUT2D eigenvalue weighted by molar-refractivity contribution is 6.61.